The van der Waals surface area contributed by atoms with Gasteiger partial charge in [-0.25, -0.2) is 0 Å². The van der Waals surface area contributed by atoms with E-state index in [4.69, 9.17) is 4.42 Å². The second-order valence-corrected chi connectivity index (χ2v) is 4.76. The third-order valence-electron chi connectivity index (χ3n) is 3.47. The van der Waals surface area contributed by atoms with Gasteiger partial charge in [0.25, 0.3) is 5.69 Å². The minimum atomic E-state index is -1.37. The third kappa shape index (κ3) is 3.14. The summed E-state index contributed by atoms with van der Waals surface area (Å²) < 4.78 is 5.12. The van der Waals surface area contributed by atoms with Crippen molar-refractivity contribution < 1.29 is 48.8 Å². The zero-order valence-corrected chi connectivity index (χ0v) is 14.3. The van der Waals surface area contributed by atoms with E-state index < -0.39 is 17.3 Å². The molecule has 0 amide bonds. The zero-order chi connectivity index (χ0) is 15.7. The van der Waals surface area contributed by atoms with Crippen molar-refractivity contribution in [3.63, 3.8) is 0 Å². The molecule has 110 valence electrons. The quantitative estimate of drug-likeness (QED) is 0.358. The van der Waals surface area contributed by atoms with Gasteiger partial charge in [0.15, 0.2) is 0 Å². The molecule has 0 aromatic heterocycles. The van der Waals surface area contributed by atoms with Gasteiger partial charge in [-0.1, -0.05) is 30.3 Å². The number of carboxylic acid groups (broad SMARTS) is 1. The molecule has 1 aromatic rings. The van der Waals surface area contributed by atoms with Crippen LogP contribution in [0.3, 0.4) is 0 Å². The summed E-state index contributed by atoms with van der Waals surface area (Å²) in [4.78, 5) is 21.9. The Morgan fingerprint density at radius 1 is 1.13 bits per heavy atom. The summed E-state index contributed by atoms with van der Waals surface area (Å²) in [7, 11) is 0. The number of carbonyl (C=O) groups is 1. The Morgan fingerprint density at radius 3 is 2.43 bits per heavy atom. The number of benzene rings is 1. The van der Waals surface area contributed by atoms with Gasteiger partial charge in [0, 0.05) is 23.5 Å². The minimum Gasteiger partial charge on any atom is -0.550 e. The Morgan fingerprint density at radius 2 is 1.83 bits per heavy atom. The van der Waals surface area contributed by atoms with Crippen LogP contribution >= 0.6 is 0 Å². The number of carbonyl (C=O) groups excluding carboxylic acids is 1. The minimum absolute atomic E-state index is 0. The van der Waals surface area contributed by atoms with Crippen molar-refractivity contribution in [1.29, 1.82) is 0 Å². The first-order valence-corrected chi connectivity index (χ1v) is 6.50. The predicted molar refractivity (Wildman–Crippen MR) is 76.1 cm³/mol. The van der Waals surface area contributed by atoms with Crippen LogP contribution in [0.1, 0.15) is 5.56 Å². The summed E-state index contributed by atoms with van der Waals surface area (Å²) in [5.41, 5.74) is 1.91. The topological polar surface area (TPSA) is 96.4 Å². The maximum atomic E-state index is 11.5. The van der Waals surface area contributed by atoms with Crippen LogP contribution in [0.5, 0.6) is 0 Å². The van der Waals surface area contributed by atoms with Crippen LogP contribution in [0.2, 0.25) is 0 Å². The number of nitrogens with zero attached hydrogens (tertiary/aromatic N) is 1. The van der Waals surface area contributed by atoms with E-state index in [2.05, 4.69) is 0 Å². The molecule has 0 bridgehead atoms. The van der Waals surface area contributed by atoms with Crippen LogP contribution in [0, 0.1) is 10.1 Å². The van der Waals surface area contributed by atoms with Crippen molar-refractivity contribution in [3.05, 3.63) is 64.6 Å². The molecule has 0 saturated heterocycles. The van der Waals surface area contributed by atoms with Crippen molar-refractivity contribution in [1.82, 2.24) is 0 Å². The number of rotatable bonds is 4. The predicted octanol–water partition coefficient (Wildman–Crippen LogP) is -0.744. The molecule has 0 N–H and O–H groups in total. The molecule has 0 saturated carbocycles. The number of nitro groups is 1. The van der Waals surface area contributed by atoms with Crippen molar-refractivity contribution in [2.75, 3.05) is 0 Å². The second-order valence-electron chi connectivity index (χ2n) is 4.76. The fraction of sp³-hybridized carbons (Fsp3) is 0.0625. The number of hydrogen-bond donors (Lipinski definition) is 0. The van der Waals surface area contributed by atoms with Gasteiger partial charge >= 0.3 is 29.6 Å². The van der Waals surface area contributed by atoms with Crippen LogP contribution in [-0.4, -0.2) is 10.9 Å². The average molecular weight is 319 g/mol. The van der Waals surface area contributed by atoms with Crippen LogP contribution in [0.4, 0.5) is 5.69 Å². The van der Waals surface area contributed by atoms with Gasteiger partial charge < -0.3 is 14.3 Å². The molecule has 1 aliphatic heterocycles. The molecule has 1 aliphatic carbocycles. The van der Waals surface area contributed by atoms with E-state index in [1.165, 1.54) is 18.6 Å². The largest absolute Gasteiger partial charge is 1.00 e. The van der Waals surface area contributed by atoms with Crippen LogP contribution in [0.15, 0.2) is 53.3 Å². The molecule has 7 heteroatoms. The molecule has 0 atom stereocenters. The number of aliphatic carboxylic acids is 1. The van der Waals surface area contributed by atoms with Gasteiger partial charge in [-0.3, -0.25) is 10.1 Å². The standard InChI is InChI=1S/C16H11NO5.Na/c18-14(19)8-12-11-6-7-22-9-13(11)15(16(12)17(20)21)10-4-2-1-3-5-10;/h1-7,9H,8H2,(H,18,19);/q;+1/p-1. The monoisotopic (exact) mass is 319 g/mol. The summed E-state index contributed by atoms with van der Waals surface area (Å²) in [6.45, 7) is 0. The first kappa shape index (κ1) is 17.2. The first-order chi connectivity index (χ1) is 10.6. The molecule has 23 heavy (non-hydrogen) atoms. The number of fused-ring (bicyclic) bond motifs is 1. The Kier molecular flexibility index (Phi) is 5.20. The molecule has 6 nitrogen and oxygen atoms in total. The zero-order valence-electron chi connectivity index (χ0n) is 12.3. The van der Waals surface area contributed by atoms with Crippen LogP contribution in [0.25, 0.3) is 22.3 Å². The molecule has 0 radical (unpaired) electrons. The second kappa shape index (κ2) is 6.95. The summed E-state index contributed by atoms with van der Waals surface area (Å²) >= 11 is 0. The summed E-state index contributed by atoms with van der Waals surface area (Å²) in [5.74, 6) is -1.37. The molecule has 0 spiro atoms. The Balaban J connectivity index is 0.00000192. The Bertz CT molecular complexity index is 828. The van der Waals surface area contributed by atoms with E-state index in [-0.39, 0.29) is 40.8 Å². The maximum absolute atomic E-state index is 11.5. The van der Waals surface area contributed by atoms with Gasteiger partial charge in [0.1, 0.15) is 0 Å². The van der Waals surface area contributed by atoms with Gasteiger partial charge in [-0.05, 0) is 17.2 Å². The SMILES string of the molecule is O=C([O-])Cc1c2ccocc-2c(-c2ccccc2)c1[N+](=O)[O-].[Na+]. The van der Waals surface area contributed by atoms with Crippen molar-refractivity contribution in [2.45, 2.75) is 6.42 Å². The summed E-state index contributed by atoms with van der Waals surface area (Å²) in [6.07, 6.45) is 2.23. The van der Waals surface area contributed by atoms with Gasteiger partial charge in [0.2, 0.25) is 0 Å². The number of hydrogen-bond acceptors (Lipinski definition) is 5. The van der Waals surface area contributed by atoms with Crippen LogP contribution < -0.4 is 34.7 Å². The normalized spacial score (nSPS) is 10.3. The molecule has 0 fully saturated rings. The maximum Gasteiger partial charge on any atom is 1.00 e. The summed E-state index contributed by atoms with van der Waals surface area (Å²) in [5, 5.41) is 22.5. The fourth-order valence-electron chi connectivity index (χ4n) is 2.65. The molecule has 2 aliphatic rings. The fourth-order valence-corrected chi connectivity index (χ4v) is 2.65. The third-order valence-corrected chi connectivity index (χ3v) is 3.47. The Labute approximate surface area is 153 Å². The van der Waals surface area contributed by atoms with E-state index >= 15 is 0 Å². The molecule has 1 aromatic carbocycles. The summed E-state index contributed by atoms with van der Waals surface area (Å²) in [6, 6.07) is 10.3. The molecule has 1 heterocycles. The van der Waals surface area contributed by atoms with Gasteiger partial charge in [0.05, 0.1) is 23.0 Å². The molecule has 3 rings (SSSR count). The van der Waals surface area contributed by atoms with Gasteiger partial charge in [-0.15, -0.1) is 0 Å². The molecular weight excluding hydrogens is 309 g/mol. The molecule has 0 unspecified atom stereocenters. The van der Waals surface area contributed by atoms with E-state index in [9.17, 15) is 20.0 Å². The van der Waals surface area contributed by atoms with Crippen molar-refractivity contribution in [2.24, 2.45) is 0 Å². The van der Waals surface area contributed by atoms with E-state index in [1.807, 2.05) is 0 Å². The van der Waals surface area contributed by atoms with Crippen molar-refractivity contribution >= 4 is 11.7 Å². The van der Waals surface area contributed by atoms with E-state index in [1.54, 1.807) is 30.3 Å². The average Bonchev–Trinajstić information content (AvgIpc) is 2.82. The van der Waals surface area contributed by atoms with E-state index in [0.29, 0.717) is 22.3 Å². The van der Waals surface area contributed by atoms with E-state index in [0.717, 1.165) is 0 Å². The first-order valence-electron chi connectivity index (χ1n) is 6.50. The smallest absolute Gasteiger partial charge is 0.550 e. The molecular formula is C16H10NNaO5. The van der Waals surface area contributed by atoms with Gasteiger partial charge in [-0.2, -0.15) is 0 Å². The van der Waals surface area contributed by atoms with Crippen molar-refractivity contribution in [3.8, 4) is 22.3 Å². The number of carboxylic acids is 1. The Hall–Kier alpha value is -2.15. The van der Waals surface area contributed by atoms with Crippen LogP contribution in [-0.2, 0) is 11.2 Å².